The number of hydrogen-bond acceptors (Lipinski definition) is 4. The number of amides is 1. The molecular weight excluding hydrogens is 527 g/mol. The Labute approximate surface area is 204 Å². The number of guanidine groups is 1. The van der Waals surface area contributed by atoms with Crippen LogP contribution in [0, 0.1) is 12.8 Å². The Bertz CT molecular complexity index is 837. The Hall–Kier alpha value is -1.36. The second kappa shape index (κ2) is 13.9. The van der Waals surface area contributed by atoms with Crippen LogP contribution in [0.5, 0.6) is 0 Å². The minimum Gasteiger partial charge on any atom is -0.357 e. The molecule has 3 N–H and O–H groups in total. The maximum Gasteiger partial charge on any atom is 0.220 e. The zero-order valence-electron chi connectivity index (χ0n) is 18.9. The van der Waals surface area contributed by atoms with Gasteiger partial charge in [-0.05, 0) is 49.8 Å². The summed E-state index contributed by atoms with van der Waals surface area (Å²) in [6.07, 6.45) is 8.00. The third kappa shape index (κ3) is 10.2. The number of aliphatic imine (C=N–C) groups is 1. The van der Waals surface area contributed by atoms with Crippen LogP contribution in [0.4, 0.5) is 0 Å². The van der Waals surface area contributed by atoms with Gasteiger partial charge >= 0.3 is 0 Å². The highest BCUT2D eigenvalue weighted by Crippen LogP contribution is 2.26. The minimum absolute atomic E-state index is 0. The van der Waals surface area contributed by atoms with Crippen molar-refractivity contribution in [3.63, 3.8) is 0 Å². The van der Waals surface area contributed by atoms with Crippen LogP contribution in [0.15, 0.2) is 28.1 Å². The predicted molar refractivity (Wildman–Crippen MR) is 137 cm³/mol. The van der Waals surface area contributed by atoms with Crippen LogP contribution in [0.3, 0.4) is 0 Å². The fourth-order valence-corrected chi connectivity index (χ4v) is 4.81. The minimum atomic E-state index is -3.22. The second-order valence-electron chi connectivity index (χ2n) is 8.05. The van der Waals surface area contributed by atoms with Crippen molar-refractivity contribution in [2.24, 2.45) is 10.9 Å². The molecule has 0 unspecified atom stereocenters. The summed E-state index contributed by atoms with van der Waals surface area (Å²) in [5.41, 5.74) is 1.67. The van der Waals surface area contributed by atoms with Gasteiger partial charge in [0.2, 0.25) is 5.91 Å². The number of nitrogens with zero attached hydrogens (tertiary/aromatic N) is 1. The van der Waals surface area contributed by atoms with Gasteiger partial charge in [0, 0.05) is 32.3 Å². The fourth-order valence-electron chi connectivity index (χ4n) is 3.85. The summed E-state index contributed by atoms with van der Waals surface area (Å²) in [7, 11) is -3.22. The largest absolute Gasteiger partial charge is 0.357 e. The van der Waals surface area contributed by atoms with Gasteiger partial charge in [-0.15, -0.1) is 24.0 Å². The van der Waals surface area contributed by atoms with Gasteiger partial charge < -0.3 is 16.0 Å². The normalized spacial score (nSPS) is 15.1. The number of aryl methyl sites for hydroxylation is 1. The lowest BCUT2D eigenvalue weighted by atomic mass is 9.87. The highest BCUT2D eigenvalue weighted by Gasteiger charge is 2.16. The van der Waals surface area contributed by atoms with Crippen LogP contribution < -0.4 is 16.0 Å². The number of rotatable bonds is 9. The van der Waals surface area contributed by atoms with Crippen molar-refractivity contribution in [1.29, 1.82) is 0 Å². The molecule has 7 nitrogen and oxygen atoms in total. The van der Waals surface area contributed by atoms with Gasteiger partial charge in [-0.25, -0.2) is 13.4 Å². The number of sulfone groups is 1. The molecule has 0 radical (unpaired) electrons. The van der Waals surface area contributed by atoms with E-state index in [0.717, 1.165) is 17.7 Å². The summed E-state index contributed by atoms with van der Waals surface area (Å²) < 4.78 is 23.5. The van der Waals surface area contributed by atoms with E-state index >= 15 is 0 Å². The molecule has 1 saturated carbocycles. The standard InChI is InChI=1S/C22H36N4O3S.HI/c1-4-23-22(25-13-12-24-21(27)15-18-8-6-5-7-9-18)26-16-19-10-11-20(17(2)14-19)30(3,28)29;/h10-11,14,18H,4-9,12-13,15-16H2,1-3H3,(H,24,27)(H2,23,25,26);1H. The number of carbonyl (C=O) groups excluding carboxylic acids is 1. The summed E-state index contributed by atoms with van der Waals surface area (Å²) in [5.74, 6) is 1.35. The summed E-state index contributed by atoms with van der Waals surface area (Å²) >= 11 is 0. The van der Waals surface area contributed by atoms with Crippen LogP contribution >= 0.6 is 24.0 Å². The van der Waals surface area contributed by atoms with Crippen molar-refractivity contribution in [2.75, 3.05) is 25.9 Å². The van der Waals surface area contributed by atoms with Crippen LogP contribution in [-0.4, -0.2) is 46.2 Å². The monoisotopic (exact) mass is 564 g/mol. The molecule has 1 amide bonds. The van der Waals surface area contributed by atoms with Gasteiger partial charge in [-0.3, -0.25) is 4.79 Å². The molecule has 0 bridgehead atoms. The maximum absolute atomic E-state index is 12.1. The van der Waals surface area contributed by atoms with E-state index in [4.69, 9.17) is 0 Å². The molecule has 31 heavy (non-hydrogen) atoms. The van der Waals surface area contributed by atoms with Crippen LogP contribution in [0.2, 0.25) is 0 Å². The van der Waals surface area contributed by atoms with E-state index < -0.39 is 9.84 Å². The molecule has 0 spiro atoms. The predicted octanol–water partition coefficient (Wildman–Crippen LogP) is 3.16. The van der Waals surface area contributed by atoms with Crippen molar-refractivity contribution in [3.05, 3.63) is 29.3 Å². The van der Waals surface area contributed by atoms with Crippen LogP contribution in [0.25, 0.3) is 0 Å². The zero-order chi connectivity index (χ0) is 22.0. The molecule has 0 aliphatic heterocycles. The van der Waals surface area contributed by atoms with Crippen molar-refractivity contribution < 1.29 is 13.2 Å². The van der Waals surface area contributed by atoms with Crippen molar-refractivity contribution in [1.82, 2.24) is 16.0 Å². The number of hydrogen-bond donors (Lipinski definition) is 3. The lowest BCUT2D eigenvalue weighted by Crippen LogP contribution is -2.41. The molecule has 1 fully saturated rings. The molecule has 1 aliphatic carbocycles. The first-order chi connectivity index (χ1) is 14.3. The molecule has 9 heteroatoms. The summed E-state index contributed by atoms with van der Waals surface area (Å²) in [4.78, 5) is 17.0. The highest BCUT2D eigenvalue weighted by atomic mass is 127. The molecule has 176 valence electrons. The topological polar surface area (TPSA) is 99.7 Å². The summed E-state index contributed by atoms with van der Waals surface area (Å²) in [6.45, 7) is 6.10. The number of benzene rings is 1. The van der Waals surface area contributed by atoms with Gasteiger partial charge in [0.05, 0.1) is 11.4 Å². The summed E-state index contributed by atoms with van der Waals surface area (Å²) in [5, 5.41) is 9.40. The Kier molecular flexibility index (Phi) is 12.4. The summed E-state index contributed by atoms with van der Waals surface area (Å²) in [6, 6.07) is 5.29. The smallest absolute Gasteiger partial charge is 0.220 e. The third-order valence-electron chi connectivity index (χ3n) is 5.34. The van der Waals surface area contributed by atoms with Crippen molar-refractivity contribution in [3.8, 4) is 0 Å². The van der Waals surface area contributed by atoms with Gasteiger partial charge in [0.25, 0.3) is 0 Å². The van der Waals surface area contributed by atoms with Gasteiger partial charge in [0.15, 0.2) is 15.8 Å². The first-order valence-corrected chi connectivity index (χ1v) is 12.8. The number of carbonyl (C=O) groups is 1. The quantitative estimate of drug-likeness (QED) is 0.185. The molecule has 1 aromatic rings. The first kappa shape index (κ1) is 27.7. The average molecular weight is 565 g/mol. The number of halogens is 1. The number of nitrogens with one attached hydrogen (secondary N) is 3. The van der Waals surface area contributed by atoms with Gasteiger partial charge in [-0.2, -0.15) is 0 Å². The molecule has 1 aromatic carbocycles. The van der Waals surface area contributed by atoms with Crippen molar-refractivity contribution in [2.45, 2.75) is 63.8 Å². The average Bonchev–Trinajstić information content (AvgIpc) is 2.69. The van der Waals surface area contributed by atoms with Crippen LogP contribution in [0.1, 0.15) is 56.6 Å². The Morgan fingerprint density at radius 3 is 2.39 bits per heavy atom. The molecule has 0 saturated heterocycles. The molecule has 0 heterocycles. The van der Waals surface area contributed by atoms with Gasteiger partial charge in [0.1, 0.15) is 0 Å². The lowest BCUT2D eigenvalue weighted by Gasteiger charge is -2.20. The first-order valence-electron chi connectivity index (χ1n) is 10.9. The van der Waals surface area contributed by atoms with E-state index in [1.165, 1.54) is 38.4 Å². The maximum atomic E-state index is 12.1. The van der Waals surface area contributed by atoms with E-state index in [0.29, 0.717) is 42.8 Å². The van der Waals surface area contributed by atoms with E-state index in [1.807, 2.05) is 13.0 Å². The SMILES string of the molecule is CCNC(=NCc1ccc(S(C)(=O)=O)c(C)c1)NCCNC(=O)CC1CCCCC1.I. The molecule has 2 rings (SSSR count). The van der Waals surface area contributed by atoms with Gasteiger partial charge in [-0.1, -0.05) is 31.4 Å². The lowest BCUT2D eigenvalue weighted by molar-refractivity contribution is -0.122. The highest BCUT2D eigenvalue weighted by molar-refractivity contribution is 14.0. The Morgan fingerprint density at radius 1 is 1.10 bits per heavy atom. The van der Waals surface area contributed by atoms with E-state index in [-0.39, 0.29) is 29.9 Å². The third-order valence-corrected chi connectivity index (χ3v) is 6.60. The molecule has 0 atom stereocenters. The molecule has 1 aliphatic rings. The van der Waals surface area contributed by atoms with E-state index in [2.05, 4.69) is 20.9 Å². The fraction of sp³-hybridized carbons (Fsp3) is 0.636. The molecule has 0 aromatic heterocycles. The Morgan fingerprint density at radius 2 is 1.77 bits per heavy atom. The van der Waals surface area contributed by atoms with E-state index in [1.54, 1.807) is 19.1 Å². The Balaban J connectivity index is 0.00000480. The van der Waals surface area contributed by atoms with Crippen molar-refractivity contribution >= 4 is 45.7 Å². The van der Waals surface area contributed by atoms with E-state index in [9.17, 15) is 13.2 Å². The second-order valence-corrected chi connectivity index (χ2v) is 10.0. The molecular formula is C22H37IN4O3S. The van der Waals surface area contributed by atoms with Crippen LogP contribution in [-0.2, 0) is 21.2 Å². The zero-order valence-corrected chi connectivity index (χ0v) is 22.0.